The van der Waals surface area contributed by atoms with Crippen LogP contribution in [0.15, 0.2) is 0 Å². The molecule has 0 unspecified atom stereocenters. The summed E-state index contributed by atoms with van der Waals surface area (Å²) in [6, 6.07) is 0. The monoisotopic (exact) mass is 216 g/mol. The van der Waals surface area contributed by atoms with Crippen LogP contribution in [0.2, 0.25) is 0 Å². The lowest BCUT2D eigenvalue weighted by molar-refractivity contribution is -0.0724. The SMILES string of the molecule is CC(C)(C)NN(C(C)(C)C)C(C)(C)CO. The Morgan fingerprint density at radius 3 is 1.53 bits per heavy atom. The van der Waals surface area contributed by atoms with Gasteiger partial charge in [0.2, 0.25) is 0 Å². The maximum Gasteiger partial charge on any atom is 0.0623 e. The topological polar surface area (TPSA) is 35.5 Å². The highest BCUT2D eigenvalue weighted by atomic mass is 16.3. The predicted octanol–water partition coefficient (Wildman–Crippen LogP) is 2.16. The van der Waals surface area contributed by atoms with Gasteiger partial charge in [0.1, 0.15) is 0 Å². The molecule has 0 saturated carbocycles. The average molecular weight is 216 g/mol. The van der Waals surface area contributed by atoms with Gasteiger partial charge in [-0.3, -0.25) is 0 Å². The third kappa shape index (κ3) is 4.96. The van der Waals surface area contributed by atoms with Gasteiger partial charge in [0.15, 0.2) is 0 Å². The fourth-order valence-corrected chi connectivity index (χ4v) is 1.63. The molecule has 0 saturated heterocycles. The van der Waals surface area contributed by atoms with Gasteiger partial charge in [-0.15, -0.1) is 0 Å². The highest BCUT2D eigenvalue weighted by molar-refractivity contribution is 4.89. The maximum absolute atomic E-state index is 9.44. The Bertz CT molecular complexity index is 199. The highest BCUT2D eigenvalue weighted by Gasteiger charge is 2.36. The van der Waals surface area contributed by atoms with E-state index in [1.54, 1.807) is 0 Å². The number of nitrogens with one attached hydrogen (secondary N) is 1. The Labute approximate surface area is 94.8 Å². The summed E-state index contributed by atoms with van der Waals surface area (Å²) in [6.45, 7) is 17.0. The van der Waals surface area contributed by atoms with Crippen LogP contribution in [-0.2, 0) is 0 Å². The van der Waals surface area contributed by atoms with Crippen LogP contribution < -0.4 is 5.43 Å². The third-order valence-electron chi connectivity index (χ3n) is 2.11. The summed E-state index contributed by atoms with van der Waals surface area (Å²) < 4.78 is 0. The molecule has 3 nitrogen and oxygen atoms in total. The quantitative estimate of drug-likeness (QED) is 0.710. The third-order valence-corrected chi connectivity index (χ3v) is 2.11. The van der Waals surface area contributed by atoms with E-state index in [4.69, 9.17) is 0 Å². The second kappa shape index (κ2) is 4.40. The Kier molecular flexibility index (Phi) is 4.36. The van der Waals surface area contributed by atoms with Crippen molar-refractivity contribution in [2.24, 2.45) is 0 Å². The number of hydrogen-bond acceptors (Lipinski definition) is 3. The molecular weight excluding hydrogens is 188 g/mol. The highest BCUT2D eigenvalue weighted by Crippen LogP contribution is 2.24. The molecule has 0 aromatic heterocycles. The van der Waals surface area contributed by atoms with E-state index in [1.807, 2.05) is 13.8 Å². The molecule has 0 radical (unpaired) electrons. The number of nitrogens with zero attached hydrogens (tertiary/aromatic N) is 1. The molecule has 0 aliphatic carbocycles. The van der Waals surface area contributed by atoms with Crippen molar-refractivity contribution < 1.29 is 5.11 Å². The molecule has 0 atom stereocenters. The van der Waals surface area contributed by atoms with Crippen LogP contribution in [0, 0.1) is 0 Å². The first-order valence-corrected chi connectivity index (χ1v) is 5.59. The second-order valence-corrected chi connectivity index (χ2v) is 6.84. The van der Waals surface area contributed by atoms with E-state index in [2.05, 4.69) is 52.0 Å². The molecule has 0 aliphatic rings. The predicted molar refractivity (Wildman–Crippen MR) is 65.6 cm³/mol. The fraction of sp³-hybridized carbons (Fsp3) is 1.00. The lowest BCUT2D eigenvalue weighted by Crippen LogP contribution is -2.66. The van der Waals surface area contributed by atoms with Gasteiger partial charge in [-0.1, -0.05) is 0 Å². The summed E-state index contributed by atoms with van der Waals surface area (Å²) in [4.78, 5) is 0. The van der Waals surface area contributed by atoms with Crippen molar-refractivity contribution in [1.29, 1.82) is 0 Å². The van der Waals surface area contributed by atoms with Crippen molar-refractivity contribution in [2.45, 2.75) is 72.0 Å². The van der Waals surface area contributed by atoms with Gasteiger partial charge in [-0.2, -0.15) is 0 Å². The van der Waals surface area contributed by atoms with E-state index in [0.29, 0.717) is 0 Å². The van der Waals surface area contributed by atoms with Crippen LogP contribution in [0.25, 0.3) is 0 Å². The molecule has 0 aromatic carbocycles. The van der Waals surface area contributed by atoms with Gasteiger partial charge >= 0.3 is 0 Å². The zero-order valence-electron chi connectivity index (χ0n) is 11.6. The molecule has 0 heterocycles. The van der Waals surface area contributed by atoms with Gasteiger partial charge < -0.3 is 5.11 Å². The van der Waals surface area contributed by atoms with Gasteiger partial charge in [-0.05, 0) is 55.4 Å². The molecule has 3 heteroatoms. The smallest absolute Gasteiger partial charge is 0.0623 e. The largest absolute Gasteiger partial charge is 0.394 e. The normalized spacial score (nSPS) is 14.8. The number of hydrazine groups is 1. The van der Waals surface area contributed by atoms with Crippen molar-refractivity contribution in [3.63, 3.8) is 0 Å². The fourth-order valence-electron chi connectivity index (χ4n) is 1.63. The molecule has 0 aliphatic heterocycles. The standard InChI is InChI=1S/C12H28N2O/c1-10(2,3)13-14(11(4,5)6)12(7,8)9-15/h13,15H,9H2,1-8H3. The summed E-state index contributed by atoms with van der Waals surface area (Å²) >= 11 is 0. The molecular formula is C12H28N2O. The summed E-state index contributed by atoms with van der Waals surface area (Å²) in [6.07, 6.45) is 0. The van der Waals surface area contributed by atoms with Crippen molar-refractivity contribution >= 4 is 0 Å². The van der Waals surface area contributed by atoms with Crippen molar-refractivity contribution in [1.82, 2.24) is 10.4 Å². The minimum Gasteiger partial charge on any atom is -0.394 e. The van der Waals surface area contributed by atoms with Gasteiger partial charge in [-0.25, -0.2) is 10.4 Å². The molecule has 2 N–H and O–H groups in total. The van der Waals surface area contributed by atoms with Gasteiger partial charge in [0, 0.05) is 11.1 Å². The summed E-state index contributed by atoms with van der Waals surface area (Å²) in [5.74, 6) is 0. The molecule has 0 spiro atoms. The van der Waals surface area contributed by atoms with E-state index < -0.39 is 0 Å². The average Bonchev–Trinajstić information content (AvgIpc) is 1.96. The lowest BCUT2D eigenvalue weighted by Gasteiger charge is -2.49. The Morgan fingerprint density at radius 1 is 0.933 bits per heavy atom. The molecule has 0 aromatic rings. The van der Waals surface area contributed by atoms with E-state index in [1.165, 1.54) is 0 Å². The van der Waals surface area contributed by atoms with Crippen LogP contribution >= 0.6 is 0 Å². The summed E-state index contributed by atoms with van der Waals surface area (Å²) in [5, 5.41) is 11.6. The van der Waals surface area contributed by atoms with E-state index in [9.17, 15) is 5.11 Å². The van der Waals surface area contributed by atoms with Crippen LogP contribution in [-0.4, -0.2) is 33.3 Å². The molecule has 92 valence electrons. The van der Waals surface area contributed by atoms with Crippen LogP contribution in [0.3, 0.4) is 0 Å². The Hall–Kier alpha value is -0.120. The minimum atomic E-state index is -0.272. The van der Waals surface area contributed by atoms with Crippen LogP contribution in [0.5, 0.6) is 0 Å². The molecule has 0 rings (SSSR count). The first-order chi connectivity index (χ1) is 6.40. The zero-order valence-corrected chi connectivity index (χ0v) is 11.6. The van der Waals surface area contributed by atoms with E-state index in [0.717, 1.165) is 0 Å². The number of hydrogen-bond donors (Lipinski definition) is 2. The lowest BCUT2D eigenvalue weighted by atomic mass is 9.97. The van der Waals surface area contributed by atoms with Crippen LogP contribution in [0.1, 0.15) is 55.4 Å². The molecule has 15 heavy (non-hydrogen) atoms. The van der Waals surface area contributed by atoms with Crippen molar-refractivity contribution in [3.8, 4) is 0 Å². The second-order valence-electron chi connectivity index (χ2n) is 6.84. The van der Waals surface area contributed by atoms with Crippen molar-refractivity contribution in [3.05, 3.63) is 0 Å². The number of aliphatic hydroxyl groups is 1. The summed E-state index contributed by atoms with van der Waals surface area (Å²) in [5.41, 5.74) is 3.16. The molecule has 0 bridgehead atoms. The number of aliphatic hydroxyl groups excluding tert-OH is 1. The maximum atomic E-state index is 9.44. The first-order valence-electron chi connectivity index (χ1n) is 5.59. The minimum absolute atomic E-state index is 0.000278. The summed E-state index contributed by atoms with van der Waals surface area (Å²) in [7, 11) is 0. The van der Waals surface area contributed by atoms with E-state index in [-0.39, 0.29) is 23.2 Å². The molecule has 0 fully saturated rings. The van der Waals surface area contributed by atoms with Gasteiger partial charge in [0.25, 0.3) is 0 Å². The van der Waals surface area contributed by atoms with E-state index >= 15 is 0 Å². The number of rotatable bonds is 3. The Morgan fingerprint density at radius 2 is 1.33 bits per heavy atom. The van der Waals surface area contributed by atoms with Crippen molar-refractivity contribution in [2.75, 3.05) is 6.61 Å². The van der Waals surface area contributed by atoms with Crippen LogP contribution in [0.4, 0.5) is 0 Å². The first kappa shape index (κ1) is 14.9. The van der Waals surface area contributed by atoms with Gasteiger partial charge in [0.05, 0.1) is 12.1 Å². The zero-order chi connectivity index (χ0) is 12.5. The Balaban J connectivity index is 4.92. The molecule has 0 amide bonds.